The highest BCUT2D eigenvalue weighted by molar-refractivity contribution is 6.08. The molecule has 0 unspecified atom stereocenters. The van der Waals surface area contributed by atoms with E-state index >= 15 is 0 Å². The molecule has 4 nitrogen and oxygen atoms in total. The summed E-state index contributed by atoms with van der Waals surface area (Å²) in [6.45, 7) is 0.458. The summed E-state index contributed by atoms with van der Waals surface area (Å²) >= 11 is 0. The van der Waals surface area contributed by atoms with E-state index in [0.717, 1.165) is 6.20 Å². The van der Waals surface area contributed by atoms with Gasteiger partial charge >= 0.3 is 5.92 Å². The molecule has 0 amide bonds. The molecule has 0 spiro atoms. The quantitative estimate of drug-likeness (QED) is 0.559. The van der Waals surface area contributed by atoms with Gasteiger partial charge in [0, 0.05) is 19.3 Å². The summed E-state index contributed by atoms with van der Waals surface area (Å²) < 4.78 is 24.9. The van der Waals surface area contributed by atoms with Crippen LogP contribution in [0.25, 0.3) is 0 Å². The maximum Gasteiger partial charge on any atom is 0.303 e. The zero-order valence-corrected chi connectivity index (χ0v) is 7.91. The van der Waals surface area contributed by atoms with Crippen LogP contribution < -0.4 is 0 Å². The highest BCUT2D eigenvalue weighted by Crippen LogP contribution is 2.16. The van der Waals surface area contributed by atoms with E-state index in [2.05, 4.69) is 9.97 Å². The number of alkyl halides is 2. The summed E-state index contributed by atoms with van der Waals surface area (Å²) in [5.74, 6) is -5.66. The standard InChI is InChI=1S/C9H8F2N2O2/c1-9(10,11)8(15)4-7(14)6-5-12-2-3-13-6/h2-3,5H,4H2,1H3. The summed E-state index contributed by atoms with van der Waals surface area (Å²) in [5.41, 5.74) is -0.0879. The number of carbonyl (C=O) groups is 2. The molecule has 0 atom stereocenters. The fraction of sp³-hybridized carbons (Fsp3) is 0.333. The molecule has 0 fully saturated rings. The van der Waals surface area contributed by atoms with Crippen molar-refractivity contribution in [1.29, 1.82) is 0 Å². The Morgan fingerprint density at radius 2 is 2.07 bits per heavy atom. The zero-order chi connectivity index (χ0) is 11.5. The van der Waals surface area contributed by atoms with Gasteiger partial charge in [-0.3, -0.25) is 14.6 Å². The molecule has 1 aromatic rings. The number of halogens is 2. The molecule has 0 aromatic carbocycles. The Morgan fingerprint density at radius 3 is 2.53 bits per heavy atom. The number of hydrogen-bond donors (Lipinski definition) is 0. The van der Waals surface area contributed by atoms with Crippen LogP contribution in [0.5, 0.6) is 0 Å². The number of aromatic nitrogens is 2. The molecule has 1 aromatic heterocycles. The number of rotatable bonds is 4. The van der Waals surface area contributed by atoms with Gasteiger partial charge in [-0.15, -0.1) is 0 Å². The average molecular weight is 214 g/mol. The van der Waals surface area contributed by atoms with Crippen LogP contribution in [0.1, 0.15) is 23.8 Å². The molecule has 6 heteroatoms. The lowest BCUT2D eigenvalue weighted by molar-refractivity contribution is -0.139. The topological polar surface area (TPSA) is 59.9 Å². The third-order valence-electron chi connectivity index (χ3n) is 1.66. The van der Waals surface area contributed by atoms with E-state index in [1.165, 1.54) is 12.4 Å². The van der Waals surface area contributed by atoms with Crippen LogP contribution in [0.3, 0.4) is 0 Å². The minimum absolute atomic E-state index is 0.0879. The second kappa shape index (κ2) is 4.20. The van der Waals surface area contributed by atoms with Crippen LogP contribution in [0.15, 0.2) is 18.6 Å². The lowest BCUT2D eigenvalue weighted by Gasteiger charge is -2.06. The fourth-order valence-electron chi connectivity index (χ4n) is 0.835. The van der Waals surface area contributed by atoms with E-state index in [0.29, 0.717) is 6.92 Å². The van der Waals surface area contributed by atoms with E-state index in [9.17, 15) is 18.4 Å². The molecule has 0 aliphatic heterocycles. The first-order valence-electron chi connectivity index (χ1n) is 4.11. The van der Waals surface area contributed by atoms with E-state index in [1.807, 2.05) is 0 Å². The van der Waals surface area contributed by atoms with Crippen molar-refractivity contribution in [2.24, 2.45) is 0 Å². The molecule has 15 heavy (non-hydrogen) atoms. The van der Waals surface area contributed by atoms with Crippen LogP contribution in [0.4, 0.5) is 8.78 Å². The first kappa shape index (κ1) is 11.4. The Morgan fingerprint density at radius 1 is 1.40 bits per heavy atom. The third-order valence-corrected chi connectivity index (χ3v) is 1.66. The summed E-state index contributed by atoms with van der Waals surface area (Å²) in [5, 5.41) is 0. The van der Waals surface area contributed by atoms with Gasteiger partial charge in [0.05, 0.1) is 12.6 Å². The molecule has 0 aliphatic rings. The Bertz CT molecular complexity index is 373. The van der Waals surface area contributed by atoms with Crippen LogP contribution >= 0.6 is 0 Å². The predicted octanol–water partition coefficient (Wildman–Crippen LogP) is 1.27. The third kappa shape index (κ3) is 3.16. The van der Waals surface area contributed by atoms with E-state index in [1.54, 1.807) is 0 Å². The van der Waals surface area contributed by atoms with Gasteiger partial charge in [-0.25, -0.2) is 4.98 Å². The summed E-state index contributed by atoms with van der Waals surface area (Å²) in [6, 6.07) is 0. The predicted molar refractivity (Wildman–Crippen MR) is 46.6 cm³/mol. The zero-order valence-electron chi connectivity index (χ0n) is 7.91. The number of nitrogens with zero attached hydrogens (tertiary/aromatic N) is 2. The Labute approximate surface area is 84.3 Å². The Hall–Kier alpha value is -1.72. The van der Waals surface area contributed by atoms with Gasteiger partial charge in [0.25, 0.3) is 0 Å². The van der Waals surface area contributed by atoms with Crippen molar-refractivity contribution in [3.8, 4) is 0 Å². The van der Waals surface area contributed by atoms with Gasteiger partial charge in [-0.2, -0.15) is 8.78 Å². The highest BCUT2D eigenvalue weighted by atomic mass is 19.3. The van der Waals surface area contributed by atoms with E-state index in [-0.39, 0.29) is 5.69 Å². The Kier molecular flexibility index (Phi) is 3.18. The molecular formula is C9H8F2N2O2. The lowest BCUT2D eigenvalue weighted by atomic mass is 10.1. The van der Waals surface area contributed by atoms with E-state index < -0.39 is 23.9 Å². The minimum atomic E-state index is -3.49. The number of Topliss-reactive ketones (excluding diaryl/α,β-unsaturated/α-hetero) is 2. The van der Waals surface area contributed by atoms with Crippen molar-refractivity contribution < 1.29 is 18.4 Å². The van der Waals surface area contributed by atoms with Crippen molar-refractivity contribution in [3.63, 3.8) is 0 Å². The monoisotopic (exact) mass is 214 g/mol. The van der Waals surface area contributed by atoms with Crippen LogP contribution in [0, 0.1) is 0 Å². The Balaban J connectivity index is 2.70. The molecule has 1 heterocycles. The number of carbonyl (C=O) groups excluding carboxylic acids is 2. The van der Waals surface area contributed by atoms with Crippen LogP contribution in [-0.2, 0) is 4.79 Å². The lowest BCUT2D eigenvalue weighted by Crippen LogP contribution is -2.27. The second-order valence-corrected chi connectivity index (χ2v) is 3.00. The van der Waals surface area contributed by atoms with Crippen molar-refractivity contribution in [2.45, 2.75) is 19.3 Å². The number of hydrogen-bond acceptors (Lipinski definition) is 4. The largest absolute Gasteiger partial charge is 0.303 e. The smallest absolute Gasteiger partial charge is 0.292 e. The van der Waals surface area contributed by atoms with Crippen LogP contribution in [0.2, 0.25) is 0 Å². The molecule has 0 aliphatic carbocycles. The molecule has 0 N–H and O–H groups in total. The van der Waals surface area contributed by atoms with Crippen molar-refractivity contribution in [3.05, 3.63) is 24.3 Å². The van der Waals surface area contributed by atoms with Gasteiger partial charge in [-0.1, -0.05) is 0 Å². The maximum atomic E-state index is 12.5. The second-order valence-electron chi connectivity index (χ2n) is 3.00. The van der Waals surface area contributed by atoms with Crippen molar-refractivity contribution >= 4 is 11.6 Å². The van der Waals surface area contributed by atoms with Crippen molar-refractivity contribution in [2.75, 3.05) is 0 Å². The molecular weight excluding hydrogens is 206 g/mol. The highest BCUT2D eigenvalue weighted by Gasteiger charge is 2.33. The van der Waals surface area contributed by atoms with Gasteiger partial charge in [0.2, 0.25) is 5.78 Å². The normalized spacial score (nSPS) is 11.1. The van der Waals surface area contributed by atoms with Crippen molar-refractivity contribution in [1.82, 2.24) is 9.97 Å². The molecule has 0 saturated carbocycles. The van der Waals surface area contributed by atoms with Gasteiger partial charge in [-0.05, 0) is 0 Å². The van der Waals surface area contributed by atoms with Gasteiger partial charge < -0.3 is 0 Å². The molecule has 0 radical (unpaired) electrons. The van der Waals surface area contributed by atoms with Crippen LogP contribution in [-0.4, -0.2) is 27.5 Å². The molecule has 80 valence electrons. The van der Waals surface area contributed by atoms with Gasteiger partial charge in [0.1, 0.15) is 5.69 Å². The minimum Gasteiger partial charge on any atom is -0.292 e. The summed E-state index contributed by atoms with van der Waals surface area (Å²) in [6.07, 6.45) is 2.86. The van der Waals surface area contributed by atoms with E-state index in [4.69, 9.17) is 0 Å². The first-order chi connectivity index (χ1) is 6.91. The summed E-state index contributed by atoms with van der Waals surface area (Å²) in [4.78, 5) is 29.3. The molecule has 0 bridgehead atoms. The average Bonchev–Trinajstić information content (AvgIpc) is 2.17. The summed E-state index contributed by atoms with van der Waals surface area (Å²) in [7, 11) is 0. The first-order valence-corrected chi connectivity index (χ1v) is 4.11. The molecule has 0 saturated heterocycles. The SMILES string of the molecule is CC(F)(F)C(=O)CC(=O)c1cnccn1. The maximum absolute atomic E-state index is 12.5. The van der Waals surface area contributed by atoms with Gasteiger partial charge in [0.15, 0.2) is 5.78 Å². The number of ketones is 2. The molecule has 1 rings (SSSR count). The fourth-order valence-corrected chi connectivity index (χ4v) is 0.835.